The summed E-state index contributed by atoms with van der Waals surface area (Å²) in [5.41, 5.74) is 0.969. The molecule has 3 aromatic rings. The Morgan fingerprint density at radius 2 is 1.74 bits per heavy atom. The predicted molar refractivity (Wildman–Crippen MR) is 140 cm³/mol. The molecule has 0 aliphatic carbocycles. The summed E-state index contributed by atoms with van der Waals surface area (Å²) >= 11 is 3.43. The summed E-state index contributed by atoms with van der Waals surface area (Å²) < 4.78 is 12.1. The summed E-state index contributed by atoms with van der Waals surface area (Å²) in [4.78, 5) is 49.2. The van der Waals surface area contributed by atoms with E-state index < -0.39 is 22.8 Å². The van der Waals surface area contributed by atoms with Gasteiger partial charge in [-0.3, -0.25) is 25.0 Å². The van der Waals surface area contributed by atoms with Gasteiger partial charge in [0.25, 0.3) is 17.5 Å². The van der Waals surface area contributed by atoms with E-state index in [2.05, 4.69) is 21.2 Å². The van der Waals surface area contributed by atoms with Crippen LogP contribution in [-0.2, 0) is 16.2 Å². The maximum atomic E-state index is 13.1. The van der Waals surface area contributed by atoms with Gasteiger partial charge in [0.15, 0.2) is 11.5 Å². The number of hydrogen-bond donors (Lipinski definition) is 2. The summed E-state index contributed by atoms with van der Waals surface area (Å²) in [5, 5.41) is 22.5. The van der Waals surface area contributed by atoms with Crippen LogP contribution in [-0.4, -0.2) is 34.5 Å². The van der Waals surface area contributed by atoms with Gasteiger partial charge >= 0.3 is 6.03 Å². The molecule has 0 bridgehead atoms. The van der Waals surface area contributed by atoms with E-state index >= 15 is 0 Å². The number of phenolic OH excluding ortho intramolecular Hbond substituents is 1. The van der Waals surface area contributed by atoms with E-state index in [1.165, 1.54) is 42.5 Å². The molecule has 1 fully saturated rings. The summed E-state index contributed by atoms with van der Waals surface area (Å²) in [5.74, 6) is -1.06. The van der Waals surface area contributed by atoms with Crippen LogP contribution in [0.2, 0.25) is 0 Å². The van der Waals surface area contributed by atoms with E-state index in [0.29, 0.717) is 33.7 Å². The van der Waals surface area contributed by atoms with E-state index in [1.54, 1.807) is 31.2 Å². The number of barbiturate groups is 1. The monoisotopic (exact) mass is 581 g/mol. The van der Waals surface area contributed by atoms with Crippen LogP contribution in [0.5, 0.6) is 17.2 Å². The molecule has 0 unspecified atom stereocenters. The molecule has 4 amide bonds. The fourth-order valence-corrected chi connectivity index (χ4v) is 4.18. The zero-order chi connectivity index (χ0) is 27.4. The number of nitro benzene ring substituents is 1. The lowest BCUT2D eigenvalue weighted by atomic mass is 10.1. The second-order valence-electron chi connectivity index (χ2n) is 7.95. The Morgan fingerprint density at radius 3 is 2.37 bits per heavy atom. The van der Waals surface area contributed by atoms with Crippen molar-refractivity contribution in [2.75, 3.05) is 11.5 Å². The average Bonchev–Trinajstić information content (AvgIpc) is 2.87. The number of urea groups is 1. The molecule has 11 nitrogen and oxygen atoms in total. The van der Waals surface area contributed by atoms with Crippen molar-refractivity contribution in [3.63, 3.8) is 0 Å². The van der Waals surface area contributed by atoms with Crippen LogP contribution in [0.4, 0.5) is 16.2 Å². The van der Waals surface area contributed by atoms with Crippen LogP contribution in [0.15, 0.2) is 70.7 Å². The highest BCUT2D eigenvalue weighted by Gasteiger charge is 2.36. The third-order valence-corrected chi connectivity index (χ3v) is 5.97. The minimum atomic E-state index is -0.908. The number of nitrogens with one attached hydrogen (secondary N) is 1. The standard InChI is InChI=1S/C26H20BrN3O8/c1-2-37-22-13-16(12-21(27)23(22)38-14-15-3-5-18(6-4-15)30(35)36)11-20-24(32)28-26(34)29(25(20)33)17-7-9-19(31)10-8-17/h3-13,31H,2,14H2,1H3,(H,28,32,34)/b20-11+. The first-order chi connectivity index (χ1) is 18.2. The molecule has 0 aromatic heterocycles. The van der Waals surface area contributed by atoms with Crippen molar-refractivity contribution in [3.8, 4) is 17.2 Å². The first-order valence-corrected chi connectivity index (χ1v) is 12.0. The number of nitrogens with zero attached hydrogens (tertiary/aromatic N) is 2. The lowest BCUT2D eigenvalue weighted by Crippen LogP contribution is -2.54. The number of aromatic hydroxyl groups is 1. The molecule has 1 heterocycles. The van der Waals surface area contributed by atoms with Crippen LogP contribution in [0, 0.1) is 10.1 Å². The Balaban J connectivity index is 1.62. The topological polar surface area (TPSA) is 148 Å². The Hall–Kier alpha value is -4.71. The first kappa shape index (κ1) is 26.4. The number of imide groups is 2. The molecule has 1 aliphatic rings. The Morgan fingerprint density at radius 1 is 1.05 bits per heavy atom. The maximum Gasteiger partial charge on any atom is 0.335 e. The van der Waals surface area contributed by atoms with Gasteiger partial charge in [-0.2, -0.15) is 0 Å². The van der Waals surface area contributed by atoms with Crippen LogP contribution >= 0.6 is 15.9 Å². The van der Waals surface area contributed by atoms with Gasteiger partial charge in [-0.1, -0.05) is 0 Å². The fourth-order valence-electron chi connectivity index (χ4n) is 3.60. The van der Waals surface area contributed by atoms with Gasteiger partial charge in [-0.05, 0) is 88.6 Å². The number of anilines is 1. The van der Waals surface area contributed by atoms with E-state index in [4.69, 9.17) is 9.47 Å². The Labute approximate surface area is 224 Å². The third-order valence-electron chi connectivity index (χ3n) is 5.38. The first-order valence-electron chi connectivity index (χ1n) is 11.2. The highest BCUT2D eigenvalue weighted by atomic mass is 79.9. The van der Waals surface area contributed by atoms with Crippen LogP contribution < -0.4 is 19.7 Å². The second kappa shape index (κ2) is 11.1. The van der Waals surface area contributed by atoms with E-state index in [0.717, 1.165) is 4.90 Å². The highest BCUT2D eigenvalue weighted by Crippen LogP contribution is 2.38. The van der Waals surface area contributed by atoms with Crippen molar-refractivity contribution < 1.29 is 33.9 Å². The number of rotatable bonds is 8. The summed E-state index contributed by atoms with van der Waals surface area (Å²) in [6, 6.07) is 13.6. The number of ether oxygens (including phenoxy) is 2. The van der Waals surface area contributed by atoms with Gasteiger partial charge < -0.3 is 14.6 Å². The van der Waals surface area contributed by atoms with Crippen LogP contribution in [0.1, 0.15) is 18.1 Å². The SMILES string of the molecule is CCOc1cc(/C=C2\C(=O)NC(=O)N(c3ccc(O)cc3)C2=O)cc(Br)c1OCc1ccc([N+](=O)[O-])cc1. The van der Waals surface area contributed by atoms with Crippen molar-refractivity contribution in [2.45, 2.75) is 13.5 Å². The number of carbonyl (C=O) groups excluding carboxylic acids is 3. The van der Waals surface area contributed by atoms with Crippen molar-refractivity contribution in [1.82, 2.24) is 5.32 Å². The molecule has 12 heteroatoms. The van der Waals surface area contributed by atoms with Crippen LogP contribution in [0.3, 0.4) is 0 Å². The number of halogens is 1. The summed E-state index contributed by atoms with van der Waals surface area (Å²) in [6.45, 7) is 2.17. The van der Waals surface area contributed by atoms with E-state index in [-0.39, 0.29) is 29.3 Å². The molecule has 38 heavy (non-hydrogen) atoms. The predicted octanol–water partition coefficient (Wildman–Crippen LogP) is 4.71. The molecule has 4 rings (SSSR count). The van der Waals surface area contributed by atoms with Crippen molar-refractivity contribution in [2.24, 2.45) is 0 Å². The molecule has 0 saturated carbocycles. The molecule has 0 spiro atoms. The number of carbonyl (C=O) groups is 3. The number of amides is 4. The van der Waals surface area contributed by atoms with Gasteiger partial charge in [0.2, 0.25) is 0 Å². The number of phenols is 1. The van der Waals surface area contributed by atoms with Crippen LogP contribution in [0.25, 0.3) is 6.08 Å². The third kappa shape index (κ3) is 5.65. The molecule has 2 N–H and O–H groups in total. The highest BCUT2D eigenvalue weighted by molar-refractivity contribution is 9.10. The molecule has 0 radical (unpaired) electrons. The van der Waals surface area contributed by atoms with Gasteiger partial charge in [-0.15, -0.1) is 0 Å². The molecule has 0 atom stereocenters. The smallest absolute Gasteiger partial charge is 0.335 e. The average molecular weight is 582 g/mol. The maximum absolute atomic E-state index is 13.1. The quantitative estimate of drug-likeness (QED) is 0.168. The number of benzene rings is 3. The lowest BCUT2D eigenvalue weighted by Gasteiger charge is -2.26. The van der Waals surface area contributed by atoms with Crippen molar-refractivity contribution in [1.29, 1.82) is 0 Å². The largest absolute Gasteiger partial charge is 0.508 e. The number of nitro groups is 1. The lowest BCUT2D eigenvalue weighted by molar-refractivity contribution is -0.384. The minimum Gasteiger partial charge on any atom is -0.508 e. The van der Waals surface area contributed by atoms with Crippen molar-refractivity contribution in [3.05, 3.63) is 92.0 Å². The molecule has 1 aliphatic heterocycles. The normalized spacial score (nSPS) is 14.4. The van der Waals surface area contributed by atoms with Crippen molar-refractivity contribution >= 4 is 51.2 Å². The molecule has 1 saturated heterocycles. The summed E-state index contributed by atoms with van der Waals surface area (Å²) in [7, 11) is 0. The van der Waals surface area contributed by atoms with E-state index in [1.807, 2.05) is 0 Å². The number of hydrogen-bond acceptors (Lipinski definition) is 8. The molecule has 194 valence electrons. The summed E-state index contributed by atoms with van der Waals surface area (Å²) in [6.07, 6.45) is 1.32. The zero-order valence-electron chi connectivity index (χ0n) is 19.8. The Kier molecular flexibility index (Phi) is 7.72. The Bertz CT molecular complexity index is 1450. The second-order valence-corrected chi connectivity index (χ2v) is 8.80. The molecular weight excluding hydrogens is 562 g/mol. The minimum absolute atomic E-state index is 0.0331. The molecular formula is C26H20BrN3O8. The number of non-ortho nitro benzene ring substituents is 1. The van der Waals surface area contributed by atoms with Gasteiger partial charge in [0.1, 0.15) is 17.9 Å². The van der Waals surface area contributed by atoms with Gasteiger partial charge in [0.05, 0.1) is 21.7 Å². The zero-order valence-corrected chi connectivity index (χ0v) is 21.4. The fraction of sp³-hybridized carbons (Fsp3) is 0.115. The van der Waals surface area contributed by atoms with Gasteiger partial charge in [0, 0.05) is 12.1 Å². The molecule has 3 aromatic carbocycles. The van der Waals surface area contributed by atoms with Gasteiger partial charge in [-0.25, -0.2) is 9.69 Å². The van der Waals surface area contributed by atoms with E-state index in [9.17, 15) is 29.6 Å².